The first-order valence-electron chi connectivity index (χ1n) is 7.30. The van der Waals surface area contributed by atoms with E-state index in [1.54, 1.807) is 0 Å². The molecule has 0 aliphatic carbocycles. The Morgan fingerprint density at radius 3 is 2.41 bits per heavy atom. The van der Waals surface area contributed by atoms with Gasteiger partial charge in [-0.1, -0.05) is 0 Å². The third-order valence-corrected chi connectivity index (χ3v) is 3.74. The van der Waals surface area contributed by atoms with Gasteiger partial charge in [0, 0.05) is 25.2 Å². The van der Waals surface area contributed by atoms with Gasteiger partial charge in [-0.3, -0.25) is 4.79 Å². The second-order valence-corrected chi connectivity index (χ2v) is 5.44. The van der Waals surface area contributed by atoms with Crippen molar-refractivity contribution >= 4 is 5.91 Å². The Labute approximate surface area is 126 Å². The molecule has 0 bridgehead atoms. The van der Waals surface area contributed by atoms with Gasteiger partial charge in [-0.25, -0.2) is 13.2 Å². The maximum atomic E-state index is 13.0. The molecule has 1 amide bonds. The molecule has 4 nitrogen and oxygen atoms in total. The van der Waals surface area contributed by atoms with Gasteiger partial charge in [0.25, 0.3) is 5.91 Å². The largest absolute Gasteiger partial charge is 0.393 e. The van der Waals surface area contributed by atoms with Crippen molar-refractivity contribution in [3.63, 3.8) is 0 Å². The molecule has 22 heavy (non-hydrogen) atoms. The number of rotatable bonds is 5. The summed E-state index contributed by atoms with van der Waals surface area (Å²) in [5.41, 5.74) is -0.238. The SMILES string of the molecule is O=C(NCCCN1CCC(O)CC1)c1cc(F)c(F)c(F)c1. The molecule has 7 heteroatoms. The van der Waals surface area contributed by atoms with Crippen molar-refractivity contribution in [1.82, 2.24) is 10.2 Å². The highest BCUT2D eigenvalue weighted by Crippen LogP contribution is 2.13. The molecule has 1 aliphatic rings. The number of hydrogen-bond donors (Lipinski definition) is 2. The van der Waals surface area contributed by atoms with Crippen LogP contribution in [0.3, 0.4) is 0 Å². The van der Waals surface area contributed by atoms with Crippen LogP contribution in [0.2, 0.25) is 0 Å². The Balaban J connectivity index is 1.74. The van der Waals surface area contributed by atoms with Gasteiger partial charge in [0.05, 0.1) is 6.10 Å². The molecule has 1 aliphatic heterocycles. The Morgan fingerprint density at radius 1 is 1.23 bits per heavy atom. The van der Waals surface area contributed by atoms with E-state index in [1.165, 1.54) is 0 Å². The fourth-order valence-electron chi connectivity index (χ4n) is 2.44. The van der Waals surface area contributed by atoms with Crippen molar-refractivity contribution in [1.29, 1.82) is 0 Å². The number of piperidine rings is 1. The molecule has 1 aromatic rings. The van der Waals surface area contributed by atoms with Crippen molar-refractivity contribution in [3.05, 3.63) is 35.1 Å². The molecule has 0 unspecified atom stereocenters. The average Bonchev–Trinajstić information content (AvgIpc) is 2.50. The van der Waals surface area contributed by atoms with E-state index >= 15 is 0 Å². The van der Waals surface area contributed by atoms with Crippen LogP contribution in [0.15, 0.2) is 12.1 Å². The standard InChI is InChI=1S/C15H19F3N2O2/c16-12-8-10(9-13(17)14(12)18)15(22)19-4-1-5-20-6-2-11(21)3-7-20/h8-9,11,21H,1-7H2,(H,19,22). The molecular formula is C15H19F3N2O2. The number of aliphatic hydroxyl groups excluding tert-OH is 1. The average molecular weight is 316 g/mol. The van der Waals surface area contributed by atoms with Gasteiger partial charge in [-0.15, -0.1) is 0 Å². The molecule has 0 radical (unpaired) electrons. The summed E-state index contributed by atoms with van der Waals surface area (Å²) < 4.78 is 38.9. The third-order valence-electron chi connectivity index (χ3n) is 3.74. The van der Waals surface area contributed by atoms with Crippen LogP contribution in [0.25, 0.3) is 0 Å². The number of nitrogens with zero attached hydrogens (tertiary/aromatic N) is 1. The number of carbonyl (C=O) groups is 1. The summed E-state index contributed by atoms with van der Waals surface area (Å²) in [5, 5.41) is 11.9. The summed E-state index contributed by atoms with van der Waals surface area (Å²) in [7, 11) is 0. The van der Waals surface area contributed by atoms with Crippen LogP contribution < -0.4 is 5.32 Å². The van der Waals surface area contributed by atoms with E-state index in [-0.39, 0.29) is 11.7 Å². The van der Waals surface area contributed by atoms with Gasteiger partial charge in [0.1, 0.15) is 0 Å². The number of amides is 1. The molecule has 0 spiro atoms. The first-order chi connectivity index (χ1) is 10.5. The Kier molecular flexibility index (Phi) is 5.79. The molecule has 0 saturated carbocycles. The minimum atomic E-state index is -1.58. The smallest absolute Gasteiger partial charge is 0.251 e. The van der Waals surface area contributed by atoms with E-state index in [1.807, 2.05) is 0 Å². The lowest BCUT2D eigenvalue weighted by molar-refractivity contribution is 0.0816. The predicted octanol–water partition coefficient (Wildman–Crippen LogP) is 1.68. The fraction of sp³-hybridized carbons (Fsp3) is 0.533. The van der Waals surface area contributed by atoms with Gasteiger partial charge in [0.2, 0.25) is 0 Å². The van der Waals surface area contributed by atoms with Crippen LogP contribution in [0.5, 0.6) is 0 Å². The molecule has 122 valence electrons. The highest BCUT2D eigenvalue weighted by Gasteiger charge is 2.17. The van der Waals surface area contributed by atoms with Crippen LogP contribution in [0.1, 0.15) is 29.6 Å². The first kappa shape index (κ1) is 16.8. The van der Waals surface area contributed by atoms with Crippen LogP contribution in [0.4, 0.5) is 13.2 Å². The summed E-state index contributed by atoms with van der Waals surface area (Å²) in [6, 6.07) is 1.36. The molecule has 1 fully saturated rings. The molecule has 0 atom stereocenters. The minimum absolute atomic E-state index is 0.223. The van der Waals surface area contributed by atoms with Gasteiger partial charge < -0.3 is 15.3 Å². The van der Waals surface area contributed by atoms with E-state index < -0.39 is 23.4 Å². The van der Waals surface area contributed by atoms with Gasteiger partial charge >= 0.3 is 0 Å². The lowest BCUT2D eigenvalue weighted by Crippen LogP contribution is -2.37. The number of likely N-dealkylation sites (tertiary alicyclic amines) is 1. The number of carbonyl (C=O) groups excluding carboxylic acids is 1. The normalized spacial score (nSPS) is 16.7. The summed E-state index contributed by atoms with van der Waals surface area (Å²) >= 11 is 0. The quantitative estimate of drug-likeness (QED) is 0.642. The number of nitrogens with one attached hydrogen (secondary N) is 1. The summed E-state index contributed by atoms with van der Waals surface area (Å²) in [5.74, 6) is -4.97. The lowest BCUT2D eigenvalue weighted by atomic mass is 10.1. The van der Waals surface area contributed by atoms with Crippen LogP contribution in [-0.4, -0.2) is 48.2 Å². The third kappa shape index (κ3) is 4.45. The maximum Gasteiger partial charge on any atom is 0.251 e. The van der Waals surface area contributed by atoms with Crippen LogP contribution in [-0.2, 0) is 0 Å². The predicted molar refractivity (Wildman–Crippen MR) is 74.9 cm³/mol. The number of halogens is 3. The van der Waals surface area contributed by atoms with E-state index in [4.69, 9.17) is 0 Å². The number of aliphatic hydroxyl groups is 1. The van der Waals surface area contributed by atoms with Crippen molar-refractivity contribution in [3.8, 4) is 0 Å². The van der Waals surface area contributed by atoms with Gasteiger partial charge in [0.15, 0.2) is 17.5 Å². The summed E-state index contributed by atoms with van der Waals surface area (Å²) in [6.45, 7) is 2.78. The molecule has 0 aromatic heterocycles. The van der Waals surface area contributed by atoms with Gasteiger partial charge in [-0.2, -0.15) is 0 Å². The molecule has 2 rings (SSSR count). The van der Waals surface area contributed by atoms with E-state index in [2.05, 4.69) is 10.2 Å². The Hall–Kier alpha value is -1.60. The van der Waals surface area contributed by atoms with Crippen LogP contribution in [0, 0.1) is 17.5 Å². The van der Waals surface area contributed by atoms with E-state index in [0.717, 1.165) is 32.5 Å². The zero-order chi connectivity index (χ0) is 16.1. The Bertz CT molecular complexity index is 509. The minimum Gasteiger partial charge on any atom is -0.393 e. The lowest BCUT2D eigenvalue weighted by Gasteiger charge is -2.29. The second-order valence-electron chi connectivity index (χ2n) is 5.44. The highest BCUT2D eigenvalue weighted by atomic mass is 19.2. The second kappa shape index (κ2) is 7.60. The molecule has 1 heterocycles. The molecular weight excluding hydrogens is 297 g/mol. The van der Waals surface area contributed by atoms with E-state index in [0.29, 0.717) is 25.1 Å². The van der Waals surface area contributed by atoms with Crippen molar-refractivity contribution in [2.75, 3.05) is 26.2 Å². The van der Waals surface area contributed by atoms with Crippen molar-refractivity contribution in [2.45, 2.75) is 25.4 Å². The molecule has 1 saturated heterocycles. The first-order valence-corrected chi connectivity index (χ1v) is 7.30. The number of hydrogen-bond acceptors (Lipinski definition) is 3. The topological polar surface area (TPSA) is 52.6 Å². The molecule has 1 aromatic carbocycles. The number of benzene rings is 1. The monoisotopic (exact) mass is 316 g/mol. The summed E-state index contributed by atoms with van der Waals surface area (Å²) in [4.78, 5) is 13.9. The fourth-order valence-corrected chi connectivity index (χ4v) is 2.44. The molecule has 2 N–H and O–H groups in total. The van der Waals surface area contributed by atoms with E-state index in [9.17, 15) is 23.1 Å². The summed E-state index contributed by atoms with van der Waals surface area (Å²) in [6.07, 6.45) is 1.97. The van der Waals surface area contributed by atoms with Crippen molar-refractivity contribution < 1.29 is 23.1 Å². The van der Waals surface area contributed by atoms with Gasteiger partial charge in [-0.05, 0) is 37.9 Å². The zero-order valence-electron chi connectivity index (χ0n) is 12.1. The maximum absolute atomic E-state index is 13.0. The van der Waals surface area contributed by atoms with Crippen molar-refractivity contribution in [2.24, 2.45) is 0 Å². The van der Waals surface area contributed by atoms with Crippen LogP contribution >= 0.6 is 0 Å². The zero-order valence-corrected chi connectivity index (χ0v) is 12.1. The Morgan fingerprint density at radius 2 is 1.82 bits per heavy atom. The highest BCUT2D eigenvalue weighted by molar-refractivity contribution is 5.94.